The average Bonchev–Trinajstić information content (AvgIpc) is 2.48. The average molecular weight is 282 g/mol. The monoisotopic (exact) mass is 282 g/mol. The number of para-hydroxylation sites is 1. The molecule has 106 valence electrons. The quantitative estimate of drug-likeness (QED) is 0.722. The molecule has 4 heteroatoms. The van der Waals surface area contributed by atoms with Crippen LogP contribution in [0.2, 0.25) is 0 Å². The van der Waals surface area contributed by atoms with Crippen LogP contribution in [0.5, 0.6) is 0 Å². The molecule has 0 N–H and O–H groups in total. The van der Waals surface area contributed by atoms with Gasteiger partial charge >= 0.3 is 0 Å². The van der Waals surface area contributed by atoms with Crippen molar-refractivity contribution in [3.05, 3.63) is 70.0 Å². The molecule has 21 heavy (non-hydrogen) atoms. The van der Waals surface area contributed by atoms with Gasteiger partial charge in [-0.2, -0.15) is 0 Å². The normalized spacial score (nSPS) is 11.0. The van der Waals surface area contributed by atoms with E-state index < -0.39 is 5.82 Å². The molecule has 1 heterocycles. The third-order valence-electron chi connectivity index (χ3n) is 3.59. The lowest BCUT2D eigenvalue weighted by Gasteiger charge is -2.14. The Bertz CT molecular complexity index is 884. The number of hydrogen-bond acceptors (Lipinski definition) is 2. The van der Waals surface area contributed by atoms with Crippen LogP contribution in [0, 0.1) is 12.7 Å². The van der Waals surface area contributed by atoms with Crippen molar-refractivity contribution in [2.24, 2.45) is 0 Å². The van der Waals surface area contributed by atoms with Gasteiger partial charge in [0.05, 0.1) is 11.2 Å². The van der Waals surface area contributed by atoms with Crippen molar-refractivity contribution in [2.75, 3.05) is 0 Å². The molecule has 0 amide bonds. The number of halogens is 1. The van der Waals surface area contributed by atoms with Crippen LogP contribution in [0.25, 0.3) is 16.6 Å². The summed E-state index contributed by atoms with van der Waals surface area (Å²) in [5.74, 6) is 0.0994. The number of aromatic nitrogens is 2. The molecule has 0 bridgehead atoms. The molecule has 0 atom stereocenters. The standard InChI is InChI=1S/C17H15FN2O/c1-3-15-19-13-9-6-8-12(18)16(13)17(21)20(15)14-10-5-4-7-11(14)2/h4-10H,3H2,1-2H3. The fraction of sp³-hybridized carbons (Fsp3) is 0.176. The van der Waals surface area contributed by atoms with E-state index in [1.165, 1.54) is 10.6 Å². The van der Waals surface area contributed by atoms with Crippen LogP contribution in [-0.2, 0) is 6.42 Å². The predicted octanol–water partition coefficient (Wildman–Crippen LogP) is 3.40. The fourth-order valence-corrected chi connectivity index (χ4v) is 2.54. The van der Waals surface area contributed by atoms with Gasteiger partial charge in [-0.25, -0.2) is 9.37 Å². The minimum Gasteiger partial charge on any atom is -0.268 e. The molecule has 0 saturated heterocycles. The predicted molar refractivity (Wildman–Crippen MR) is 81.4 cm³/mol. The zero-order chi connectivity index (χ0) is 15.0. The molecule has 3 rings (SSSR count). The van der Waals surface area contributed by atoms with E-state index in [1.807, 2.05) is 38.1 Å². The summed E-state index contributed by atoms with van der Waals surface area (Å²) < 4.78 is 15.5. The van der Waals surface area contributed by atoms with Crippen LogP contribution in [0.3, 0.4) is 0 Å². The fourth-order valence-electron chi connectivity index (χ4n) is 2.54. The van der Waals surface area contributed by atoms with Crippen molar-refractivity contribution in [1.82, 2.24) is 9.55 Å². The molecule has 0 unspecified atom stereocenters. The third-order valence-corrected chi connectivity index (χ3v) is 3.59. The highest BCUT2D eigenvalue weighted by molar-refractivity contribution is 5.78. The second kappa shape index (κ2) is 5.13. The maximum absolute atomic E-state index is 14.0. The second-order valence-electron chi connectivity index (χ2n) is 4.94. The van der Waals surface area contributed by atoms with Crippen molar-refractivity contribution in [1.29, 1.82) is 0 Å². The van der Waals surface area contributed by atoms with E-state index in [9.17, 15) is 9.18 Å². The number of aryl methyl sites for hydroxylation is 2. The van der Waals surface area contributed by atoms with Gasteiger partial charge in [-0.15, -0.1) is 0 Å². The SMILES string of the molecule is CCc1nc2cccc(F)c2c(=O)n1-c1ccccc1C. The highest BCUT2D eigenvalue weighted by Crippen LogP contribution is 2.18. The van der Waals surface area contributed by atoms with Crippen molar-refractivity contribution in [3.63, 3.8) is 0 Å². The summed E-state index contributed by atoms with van der Waals surface area (Å²) in [6.45, 7) is 3.86. The lowest BCUT2D eigenvalue weighted by Crippen LogP contribution is -2.25. The number of fused-ring (bicyclic) bond motifs is 1. The Labute approximate surface area is 121 Å². The molecular weight excluding hydrogens is 267 g/mol. The van der Waals surface area contributed by atoms with Crippen LogP contribution in [-0.4, -0.2) is 9.55 Å². The first-order valence-electron chi connectivity index (χ1n) is 6.89. The largest absolute Gasteiger partial charge is 0.268 e. The minimum absolute atomic E-state index is 0.0398. The summed E-state index contributed by atoms with van der Waals surface area (Å²) in [6.07, 6.45) is 0.593. The topological polar surface area (TPSA) is 34.9 Å². The van der Waals surface area contributed by atoms with E-state index in [-0.39, 0.29) is 10.9 Å². The van der Waals surface area contributed by atoms with Gasteiger partial charge in [0.1, 0.15) is 17.0 Å². The number of hydrogen-bond donors (Lipinski definition) is 0. The molecule has 0 aliphatic heterocycles. The summed E-state index contributed by atoms with van der Waals surface area (Å²) >= 11 is 0. The van der Waals surface area contributed by atoms with E-state index in [0.29, 0.717) is 17.8 Å². The Morgan fingerprint density at radius 1 is 1.14 bits per heavy atom. The zero-order valence-electron chi connectivity index (χ0n) is 11.9. The molecule has 0 spiro atoms. The summed E-state index contributed by atoms with van der Waals surface area (Å²) in [7, 11) is 0. The summed E-state index contributed by atoms with van der Waals surface area (Å²) in [6, 6.07) is 12.1. The number of benzene rings is 2. The molecule has 0 saturated carbocycles. The molecule has 0 aliphatic rings. The van der Waals surface area contributed by atoms with Crippen molar-refractivity contribution < 1.29 is 4.39 Å². The smallest absolute Gasteiger partial charge is 0.268 e. The van der Waals surface area contributed by atoms with Crippen molar-refractivity contribution in [3.8, 4) is 5.69 Å². The first kappa shape index (κ1) is 13.5. The van der Waals surface area contributed by atoms with E-state index in [4.69, 9.17) is 0 Å². The molecule has 3 aromatic rings. The van der Waals surface area contributed by atoms with Crippen LogP contribution >= 0.6 is 0 Å². The van der Waals surface area contributed by atoms with E-state index in [0.717, 1.165) is 11.3 Å². The van der Waals surface area contributed by atoms with Gasteiger partial charge in [0.25, 0.3) is 5.56 Å². The summed E-state index contributed by atoms with van der Waals surface area (Å²) in [5.41, 5.74) is 1.75. The van der Waals surface area contributed by atoms with E-state index >= 15 is 0 Å². The van der Waals surface area contributed by atoms with Gasteiger partial charge in [0.2, 0.25) is 0 Å². The Morgan fingerprint density at radius 2 is 1.90 bits per heavy atom. The van der Waals surface area contributed by atoms with Crippen LogP contribution < -0.4 is 5.56 Å². The zero-order valence-corrected chi connectivity index (χ0v) is 11.9. The third kappa shape index (κ3) is 2.13. The maximum atomic E-state index is 14.0. The molecule has 3 nitrogen and oxygen atoms in total. The highest BCUT2D eigenvalue weighted by atomic mass is 19.1. The van der Waals surface area contributed by atoms with Gasteiger partial charge in [-0.1, -0.05) is 31.2 Å². The van der Waals surface area contributed by atoms with E-state index in [1.54, 1.807) is 12.1 Å². The first-order valence-corrected chi connectivity index (χ1v) is 6.89. The van der Waals surface area contributed by atoms with Gasteiger partial charge in [-0.05, 0) is 30.7 Å². The van der Waals surface area contributed by atoms with Gasteiger partial charge < -0.3 is 0 Å². The Kier molecular flexibility index (Phi) is 3.29. The van der Waals surface area contributed by atoms with Gasteiger partial charge in [0.15, 0.2) is 0 Å². The first-order chi connectivity index (χ1) is 10.1. The molecule has 2 aromatic carbocycles. The minimum atomic E-state index is -0.532. The van der Waals surface area contributed by atoms with Crippen LogP contribution in [0.4, 0.5) is 4.39 Å². The Balaban J connectivity index is 2.48. The lowest BCUT2D eigenvalue weighted by molar-refractivity contribution is 0.636. The molecule has 0 radical (unpaired) electrons. The van der Waals surface area contributed by atoms with Crippen molar-refractivity contribution >= 4 is 10.9 Å². The molecule has 0 fully saturated rings. The summed E-state index contributed by atoms with van der Waals surface area (Å²) in [4.78, 5) is 17.2. The second-order valence-corrected chi connectivity index (χ2v) is 4.94. The molecule has 1 aromatic heterocycles. The maximum Gasteiger partial charge on any atom is 0.268 e. The lowest BCUT2D eigenvalue weighted by atomic mass is 10.1. The van der Waals surface area contributed by atoms with Crippen LogP contribution in [0.15, 0.2) is 47.3 Å². The number of rotatable bonds is 2. The molecular formula is C17H15FN2O. The van der Waals surface area contributed by atoms with Gasteiger partial charge in [-0.3, -0.25) is 9.36 Å². The highest BCUT2D eigenvalue weighted by Gasteiger charge is 2.15. The summed E-state index contributed by atoms with van der Waals surface area (Å²) in [5, 5.41) is 0.0398. The Hall–Kier alpha value is -2.49. The molecule has 0 aliphatic carbocycles. The Morgan fingerprint density at radius 3 is 2.62 bits per heavy atom. The van der Waals surface area contributed by atoms with Crippen molar-refractivity contribution in [2.45, 2.75) is 20.3 Å². The van der Waals surface area contributed by atoms with E-state index in [2.05, 4.69) is 4.98 Å². The number of nitrogens with zero attached hydrogens (tertiary/aromatic N) is 2. The van der Waals surface area contributed by atoms with Gasteiger partial charge in [0, 0.05) is 6.42 Å². The van der Waals surface area contributed by atoms with Crippen LogP contribution in [0.1, 0.15) is 18.3 Å².